The van der Waals surface area contributed by atoms with Crippen LogP contribution in [0.25, 0.3) is 0 Å². The number of hydrogen-bond acceptors (Lipinski definition) is 3. The zero-order valence-electron chi connectivity index (χ0n) is 10.3. The number of ether oxygens (including phenoxy) is 1. The van der Waals surface area contributed by atoms with Crippen molar-refractivity contribution in [2.45, 2.75) is 12.6 Å². The van der Waals surface area contributed by atoms with Crippen molar-refractivity contribution in [1.29, 1.82) is 0 Å². The van der Waals surface area contributed by atoms with Gasteiger partial charge in [-0.1, -0.05) is 48.5 Å². The molecule has 0 bridgehead atoms. The summed E-state index contributed by atoms with van der Waals surface area (Å²) in [5.41, 5.74) is 6.77. The lowest BCUT2D eigenvalue weighted by molar-refractivity contribution is -0.146. The first kappa shape index (κ1) is 13.2. The van der Waals surface area contributed by atoms with Crippen LogP contribution in [0.3, 0.4) is 0 Å². The standard InChI is InChI=1S/C15H14FNO2/c16-13-9-5-4-8-12(13)10-19-15(18)14(17)11-6-2-1-3-7-11/h1-9,14H,10,17H2/t14-/m0/s1. The van der Waals surface area contributed by atoms with Crippen LogP contribution in [-0.2, 0) is 16.1 Å². The van der Waals surface area contributed by atoms with Crippen molar-refractivity contribution < 1.29 is 13.9 Å². The highest BCUT2D eigenvalue weighted by atomic mass is 19.1. The fourth-order valence-corrected chi connectivity index (χ4v) is 1.65. The predicted octanol–water partition coefficient (Wildman–Crippen LogP) is 2.57. The van der Waals surface area contributed by atoms with Gasteiger partial charge in [0.15, 0.2) is 0 Å². The molecule has 19 heavy (non-hydrogen) atoms. The summed E-state index contributed by atoms with van der Waals surface area (Å²) in [6, 6.07) is 14.2. The van der Waals surface area contributed by atoms with E-state index in [2.05, 4.69) is 0 Å². The Morgan fingerprint density at radius 3 is 2.42 bits per heavy atom. The van der Waals surface area contributed by atoms with E-state index in [4.69, 9.17) is 10.5 Å². The maximum absolute atomic E-state index is 13.3. The second kappa shape index (κ2) is 6.11. The second-order valence-electron chi connectivity index (χ2n) is 4.09. The van der Waals surface area contributed by atoms with E-state index < -0.39 is 17.8 Å². The molecule has 2 N–H and O–H groups in total. The molecule has 0 spiro atoms. The molecule has 2 aromatic carbocycles. The number of benzene rings is 2. The molecule has 2 aromatic rings. The van der Waals surface area contributed by atoms with Gasteiger partial charge in [-0.25, -0.2) is 9.18 Å². The van der Waals surface area contributed by atoms with Gasteiger partial charge in [0.25, 0.3) is 0 Å². The van der Waals surface area contributed by atoms with Crippen molar-refractivity contribution in [1.82, 2.24) is 0 Å². The topological polar surface area (TPSA) is 52.3 Å². The van der Waals surface area contributed by atoms with Gasteiger partial charge in [0.2, 0.25) is 0 Å². The summed E-state index contributed by atoms with van der Waals surface area (Å²) >= 11 is 0. The van der Waals surface area contributed by atoms with Crippen molar-refractivity contribution in [2.24, 2.45) is 5.73 Å². The molecule has 0 aliphatic heterocycles. The van der Waals surface area contributed by atoms with E-state index in [9.17, 15) is 9.18 Å². The molecule has 0 saturated heterocycles. The molecule has 0 radical (unpaired) electrons. The Morgan fingerprint density at radius 1 is 1.11 bits per heavy atom. The van der Waals surface area contributed by atoms with Crippen LogP contribution in [0.15, 0.2) is 54.6 Å². The summed E-state index contributed by atoms with van der Waals surface area (Å²) in [4.78, 5) is 11.8. The predicted molar refractivity (Wildman–Crippen MR) is 69.6 cm³/mol. The van der Waals surface area contributed by atoms with Gasteiger partial charge >= 0.3 is 5.97 Å². The van der Waals surface area contributed by atoms with E-state index in [0.29, 0.717) is 11.1 Å². The third kappa shape index (κ3) is 3.39. The molecule has 3 nitrogen and oxygen atoms in total. The highest BCUT2D eigenvalue weighted by molar-refractivity contribution is 5.77. The summed E-state index contributed by atoms with van der Waals surface area (Å²) in [5.74, 6) is -0.974. The minimum atomic E-state index is -0.854. The molecule has 2 rings (SSSR count). The van der Waals surface area contributed by atoms with E-state index in [-0.39, 0.29) is 6.61 Å². The Kier molecular flexibility index (Phi) is 4.26. The quantitative estimate of drug-likeness (QED) is 0.858. The molecule has 0 aromatic heterocycles. The van der Waals surface area contributed by atoms with Crippen LogP contribution in [0.1, 0.15) is 17.2 Å². The second-order valence-corrected chi connectivity index (χ2v) is 4.09. The molecule has 1 atom stereocenters. The summed E-state index contributed by atoms with van der Waals surface area (Å²) in [7, 11) is 0. The van der Waals surface area contributed by atoms with Crippen molar-refractivity contribution in [2.75, 3.05) is 0 Å². The lowest BCUT2D eigenvalue weighted by atomic mass is 10.1. The highest BCUT2D eigenvalue weighted by Crippen LogP contribution is 2.13. The molecule has 0 amide bonds. The van der Waals surface area contributed by atoms with Gasteiger partial charge in [-0.2, -0.15) is 0 Å². The van der Waals surface area contributed by atoms with E-state index in [1.165, 1.54) is 6.07 Å². The molecule has 4 heteroatoms. The lowest BCUT2D eigenvalue weighted by Gasteiger charge is -2.12. The zero-order chi connectivity index (χ0) is 13.7. The number of carbonyl (C=O) groups excluding carboxylic acids is 1. The molecule has 0 aliphatic carbocycles. The van der Waals surface area contributed by atoms with Crippen LogP contribution >= 0.6 is 0 Å². The first-order valence-corrected chi connectivity index (χ1v) is 5.89. The molecule has 0 unspecified atom stereocenters. The maximum Gasteiger partial charge on any atom is 0.327 e. The molecular weight excluding hydrogens is 245 g/mol. The summed E-state index contributed by atoms with van der Waals surface area (Å²) in [6.07, 6.45) is 0. The Hall–Kier alpha value is -2.20. The summed E-state index contributed by atoms with van der Waals surface area (Å²) in [6.45, 7) is -0.119. The van der Waals surface area contributed by atoms with Gasteiger partial charge in [-0.05, 0) is 11.6 Å². The molecule has 98 valence electrons. The van der Waals surface area contributed by atoms with Crippen LogP contribution in [-0.4, -0.2) is 5.97 Å². The monoisotopic (exact) mass is 259 g/mol. The summed E-state index contributed by atoms with van der Waals surface area (Å²) < 4.78 is 18.4. The fraction of sp³-hybridized carbons (Fsp3) is 0.133. The first-order valence-electron chi connectivity index (χ1n) is 5.89. The number of carbonyl (C=O) groups is 1. The van der Waals surface area contributed by atoms with Crippen LogP contribution in [0.4, 0.5) is 4.39 Å². The SMILES string of the molecule is N[C@H](C(=O)OCc1ccccc1F)c1ccccc1. The number of nitrogens with two attached hydrogens (primary N) is 1. The summed E-state index contributed by atoms with van der Waals surface area (Å²) in [5, 5.41) is 0. The van der Waals surface area contributed by atoms with Crippen molar-refractivity contribution in [3.63, 3.8) is 0 Å². The van der Waals surface area contributed by atoms with Crippen molar-refractivity contribution in [3.05, 3.63) is 71.5 Å². The average molecular weight is 259 g/mol. The number of esters is 1. The third-order valence-corrected chi connectivity index (χ3v) is 2.74. The van der Waals surface area contributed by atoms with E-state index in [1.807, 2.05) is 6.07 Å². The van der Waals surface area contributed by atoms with E-state index >= 15 is 0 Å². The minimum absolute atomic E-state index is 0.119. The van der Waals surface area contributed by atoms with Gasteiger partial charge in [-0.3, -0.25) is 0 Å². The molecule has 0 fully saturated rings. The Labute approximate surface area is 110 Å². The van der Waals surface area contributed by atoms with Crippen LogP contribution in [0.5, 0.6) is 0 Å². The molecule has 0 heterocycles. The van der Waals surface area contributed by atoms with Gasteiger partial charge in [0, 0.05) is 5.56 Å². The first-order chi connectivity index (χ1) is 9.18. The third-order valence-electron chi connectivity index (χ3n) is 2.74. The van der Waals surface area contributed by atoms with E-state index in [1.54, 1.807) is 42.5 Å². The normalized spacial score (nSPS) is 11.9. The highest BCUT2D eigenvalue weighted by Gasteiger charge is 2.17. The number of halogens is 1. The van der Waals surface area contributed by atoms with Gasteiger partial charge in [0.1, 0.15) is 18.5 Å². The van der Waals surface area contributed by atoms with Crippen molar-refractivity contribution >= 4 is 5.97 Å². The lowest BCUT2D eigenvalue weighted by Crippen LogP contribution is -2.23. The van der Waals surface area contributed by atoms with Gasteiger partial charge in [0.05, 0.1) is 0 Å². The smallest absolute Gasteiger partial charge is 0.327 e. The average Bonchev–Trinajstić information content (AvgIpc) is 2.46. The number of rotatable bonds is 4. The molecular formula is C15H14FNO2. The van der Waals surface area contributed by atoms with Gasteiger partial charge < -0.3 is 10.5 Å². The van der Waals surface area contributed by atoms with Crippen LogP contribution in [0.2, 0.25) is 0 Å². The fourth-order valence-electron chi connectivity index (χ4n) is 1.65. The Bertz CT molecular complexity index is 557. The minimum Gasteiger partial charge on any atom is -0.459 e. The molecule has 0 saturated carbocycles. The van der Waals surface area contributed by atoms with Crippen LogP contribution in [0, 0.1) is 5.82 Å². The van der Waals surface area contributed by atoms with E-state index in [0.717, 1.165) is 0 Å². The van der Waals surface area contributed by atoms with Gasteiger partial charge in [-0.15, -0.1) is 0 Å². The Morgan fingerprint density at radius 2 is 1.74 bits per heavy atom. The number of hydrogen-bond donors (Lipinski definition) is 1. The van der Waals surface area contributed by atoms with Crippen LogP contribution < -0.4 is 5.73 Å². The maximum atomic E-state index is 13.3. The van der Waals surface area contributed by atoms with Crippen molar-refractivity contribution in [3.8, 4) is 0 Å². The molecule has 0 aliphatic rings. The Balaban J connectivity index is 1.97. The zero-order valence-corrected chi connectivity index (χ0v) is 10.3. The largest absolute Gasteiger partial charge is 0.459 e.